The lowest BCUT2D eigenvalue weighted by Gasteiger charge is -1.86. The van der Waals surface area contributed by atoms with Crippen LogP contribution in [0.4, 0.5) is 0 Å². The summed E-state index contributed by atoms with van der Waals surface area (Å²) in [4.78, 5) is 4.91. The summed E-state index contributed by atoms with van der Waals surface area (Å²) in [6.45, 7) is 0.946. The van der Waals surface area contributed by atoms with E-state index >= 15 is 0 Å². The highest BCUT2D eigenvalue weighted by Crippen LogP contribution is 2.10. The van der Waals surface area contributed by atoms with Gasteiger partial charge in [-0.05, 0) is 13.0 Å². The van der Waals surface area contributed by atoms with Crippen molar-refractivity contribution in [1.29, 1.82) is 0 Å². The number of aliphatic hydroxyl groups is 1. The number of hydrogen-bond acceptors (Lipinski definition) is 4. The van der Waals surface area contributed by atoms with E-state index in [2.05, 4.69) is 22.1 Å². The lowest BCUT2D eigenvalue weighted by molar-refractivity contribution is 0.285. The van der Waals surface area contributed by atoms with E-state index in [1.165, 1.54) is 11.3 Å². The molecule has 2 N–H and O–H groups in total. The minimum Gasteiger partial charge on any atom is -0.391 e. The Bertz CT molecular complexity index is 311. The molecule has 0 aromatic carbocycles. The van der Waals surface area contributed by atoms with Crippen molar-refractivity contribution in [1.82, 2.24) is 10.3 Å². The maximum atomic E-state index is 8.77. The van der Waals surface area contributed by atoms with Gasteiger partial charge in [-0.15, -0.1) is 11.3 Å². The van der Waals surface area contributed by atoms with Crippen molar-refractivity contribution in [2.45, 2.75) is 13.0 Å². The molecule has 1 rings (SSSR count). The molecule has 0 atom stereocenters. The first-order valence-corrected chi connectivity index (χ1v) is 4.87. The summed E-state index contributed by atoms with van der Waals surface area (Å²) in [5, 5.41) is 12.6. The Balaban J connectivity index is 2.46. The van der Waals surface area contributed by atoms with Crippen LogP contribution in [0, 0.1) is 11.8 Å². The van der Waals surface area contributed by atoms with Crippen LogP contribution in [-0.4, -0.2) is 23.7 Å². The highest BCUT2D eigenvalue weighted by atomic mass is 32.1. The summed E-state index contributed by atoms with van der Waals surface area (Å²) in [7, 11) is 1.90. The Morgan fingerprint density at radius 3 is 3.15 bits per heavy atom. The minimum absolute atomic E-state index is 0.0515. The monoisotopic (exact) mass is 196 g/mol. The molecule has 0 bridgehead atoms. The van der Waals surface area contributed by atoms with Crippen LogP contribution in [-0.2, 0) is 6.61 Å². The fourth-order valence-corrected chi connectivity index (χ4v) is 1.41. The summed E-state index contributed by atoms with van der Waals surface area (Å²) in [6.07, 6.45) is 2.48. The molecule has 3 nitrogen and oxygen atoms in total. The molecule has 0 aliphatic carbocycles. The molecule has 0 saturated carbocycles. The lowest BCUT2D eigenvalue weighted by Crippen LogP contribution is -2.05. The van der Waals surface area contributed by atoms with Crippen LogP contribution in [0.2, 0.25) is 0 Å². The smallest absolute Gasteiger partial charge is 0.167 e. The molecule has 0 aliphatic heterocycles. The third kappa shape index (κ3) is 3.55. The van der Waals surface area contributed by atoms with Crippen LogP contribution >= 0.6 is 11.3 Å². The van der Waals surface area contributed by atoms with Gasteiger partial charge in [0, 0.05) is 19.2 Å². The largest absolute Gasteiger partial charge is 0.391 e. The van der Waals surface area contributed by atoms with E-state index in [1.807, 2.05) is 7.05 Å². The number of aliphatic hydroxyl groups excluding tert-OH is 1. The van der Waals surface area contributed by atoms with Gasteiger partial charge in [0.1, 0.15) is 0 Å². The molecular weight excluding hydrogens is 184 g/mol. The highest BCUT2D eigenvalue weighted by molar-refractivity contribution is 7.12. The van der Waals surface area contributed by atoms with Gasteiger partial charge in [-0.25, -0.2) is 4.98 Å². The summed E-state index contributed by atoms with van der Waals surface area (Å²) >= 11 is 1.44. The Morgan fingerprint density at radius 2 is 2.54 bits per heavy atom. The molecule has 1 heterocycles. The van der Waals surface area contributed by atoms with Gasteiger partial charge in [-0.1, -0.05) is 5.92 Å². The molecule has 0 amide bonds. The normalized spacial score (nSPS) is 9.38. The molecule has 0 fully saturated rings. The summed E-state index contributed by atoms with van der Waals surface area (Å²) in [5.41, 5.74) is 0. The lowest BCUT2D eigenvalue weighted by atomic mass is 10.4. The average Bonchev–Trinajstić information content (AvgIpc) is 2.60. The second kappa shape index (κ2) is 5.70. The van der Waals surface area contributed by atoms with Crippen molar-refractivity contribution >= 4 is 11.3 Å². The molecule has 13 heavy (non-hydrogen) atoms. The van der Waals surface area contributed by atoms with Gasteiger partial charge in [0.15, 0.2) is 5.01 Å². The van der Waals surface area contributed by atoms with Gasteiger partial charge in [-0.2, -0.15) is 0 Å². The standard InChI is InChI=1S/C9H12N2OS/c1-10-5-3-2-4-9-11-6-8(7-12)13-9/h6,10,12H,3,5,7H2,1H3. The zero-order valence-electron chi connectivity index (χ0n) is 7.50. The first-order chi connectivity index (χ1) is 6.36. The van der Waals surface area contributed by atoms with Crippen LogP contribution in [0.15, 0.2) is 6.20 Å². The van der Waals surface area contributed by atoms with Crippen LogP contribution in [0.1, 0.15) is 16.3 Å². The van der Waals surface area contributed by atoms with E-state index in [0.717, 1.165) is 22.9 Å². The van der Waals surface area contributed by atoms with Crippen molar-refractivity contribution in [3.8, 4) is 11.8 Å². The van der Waals surface area contributed by atoms with Gasteiger partial charge < -0.3 is 10.4 Å². The van der Waals surface area contributed by atoms with Crippen LogP contribution in [0.5, 0.6) is 0 Å². The zero-order valence-corrected chi connectivity index (χ0v) is 8.32. The molecule has 0 spiro atoms. The second-order valence-electron chi connectivity index (χ2n) is 2.45. The van der Waals surface area contributed by atoms with Gasteiger partial charge in [-0.3, -0.25) is 0 Å². The van der Waals surface area contributed by atoms with Gasteiger partial charge in [0.2, 0.25) is 0 Å². The van der Waals surface area contributed by atoms with Crippen molar-refractivity contribution in [3.05, 3.63) is 16.1 Å². The molecule has 1 aromatic heterocycles. The molecule has 0 radical (unpaired) electrons. The minimum atomic E-state index is 0.0515. The number of thiazole rings is 1. The third-order valence-electron chi connectivity index (χ3n) is 1.40. The number of nitrogens with one attached hydrogen (secondary N) is 1. The van der Waals surface area contributed by atoms with Crippen molar-refractivity contribution in [2.75, 3.05) is 13.6 Å². The Morgan fingerprint density at radius 1 is 1.69 bits per heavy atom. The number of rotatable bonds is 3. The van der Waals surface area contributed by atoms with Gasteiger partial charge >= 0.3 is 0 Å². The van der Waals surface area contributed by atoms with Crippen molar-refractivity contribution in [2.24, 2.45) is 0 Å². The topological polar surface area (TPSA) is 45.2 Å². The van der Waals surface area contributed by atoms with E-state index in [0.29, 0.717) is 0 Å². The predicted molar refractivity (Wildman–Crippen MR) is 53.5 cm³/mol. The van der Waals surface area contributed by atoms with Crippen LogP contribution < -0.4 is 5.32 Å². The Kier molecular flexibility index (Phi) is 4.47. The maximum absolute atomic E-state index is 8.77. The molecule has 0 saturated heterocycles. The van der Waals surface area contributed by atoms with E-state index in [4.69, 9.17) is 5.11 Å². The number of aromatic nitrogens is 1. The third-order valence-corrected chi connectivity index (χ3v) is 2.30. The van der Waals surface area contributed by atoms with E-state index in [-0.39, 0.29) is 6.61 Å². The first kappa shape index (κ1) is 10.2. The number of nitrogens with zero attached hydrogens (tertiary/aromatic N) is 1. The van der Waals surface area contributed by atoms with Gasteiger partial charge in [0.25, 0.3) is 0 Å². The molecular formula is C9H12N2OS. The van der Waals surface area contributed by atoms with Crippen molar-refractivity contribution in [3.63, 3.8) is 0 Å². The second-order valence-corrected chi connectivity index (χ2v) is 3.56. The van der Waals surface area contributed by atoms with Gasteiger partial charge in [0.05, 0.1) is 11.5 Å². The quantitative estimate of drug-likeness (QED) is 0.549. The van der Waals surface area contributed by atoms with E-state index in [9.17, 15) is 0 Å². The maximum Gasteiger partial charge on any atom is 0.167 e. The molecule has 1 aromatic rings. The zero-order chi connectivity index (χ0) is 9.52. The fourth-order valence-electron chi connectivity index (χ4n) is 0.764. The van der Waals surface area contributed by atoms with Crippen molar-refractivity contribution < 1.29 is 5.11 Å². The van der Waals surface area contributed by atoms with E-state index in [1.54, 1.807) is 6.20 Å². The Hall–Kier alpha value is -0.890. The summed E-state index contributed by atoms with van der Waals surface area (Å²) in [6, 6.07) is 0. The highest BCUT2D eigenvalue weighted by Gasteiger charge is 1.95. The predicted octanol–water partition coefficient (Wildman–Crippen LogP) is 0.596. The Labute approximate surface area is 81.8 Å². The summed E-state index contributed by atoms with van der Waals surface area (Å²) < 4.78 is 0. The SMILES string of the molecule is CNCCC#Cc1ncc(CO)s1. The fraction of sp³-hybridized carbons (Fsp3) is 0.444. The molecule has 0 aliphatic rings. The average molecular weight is 196 g/mol. The molecule has 70 valence electrons. The van der Waals surface area contributed by atoms with E-state index < -0.39 is 0 Å². The molecule has 4 heteroatoms. The summed E-state index contributed by atoms with van der Waals surface area (Å²) in [5.74, 6) is 5.93. The number of hydrogen-bond donors (Lipinski definition) is 2. The van der Waals surface area contributed by atoms with Crippen LogP contribution in [0.25, 0.3) is 0 Å². The first-order valence-electron chi connectivity index (χ1n) is 4.06. The molecule has 0 unspecified atom stereocenters. The van der Waals surface area contributed by atoms with Crippen LogP contribution in [0.3, 0.4) is 0 Å².